The van der Waals surface area contributed by atoms with Crippen LogP contribution in [0.15, 0.2) is 48.8 Å². The van der Waals surface area contributed by atoms with E-state index in [0.29, 0.717) is 5.95 Å². The largest absolute Gasteiger partial charge is 0.368 e. The Balaban J connectivity index is 1.77. The lowest BCUT2D eigenvalue weighted by Gasteiger charge is -2.14. The summed E-state index contributed by atoms with van der Waals surface area (Å²) in [6.45, 7) is 2.22. The summed E-state index contributed by atoms with van der Waals surface area (Å²) in [5, 5.41) is 0. The van der Waals surface area contributed by atoms with Crippen LogP contribution in [0.4, 0.5) is 11.8 Å². The molecule has 3 aromatic rings. The van der Waals surface area contributed by atoms with Crippen molar-refractivity contribution in [3.8, 4) is 22.4 Å². The quantitative estimate of drug-likeness (QED) is 0.778. The summed E-state index contributed by atoms with van der Waals surface area (Å²) in [6.07, 6.45) is 6.31. The maximum atomic E-state index is 5.83. The number of nitrogens with one attached hydrogen (secondary N) is 1. The standard InChI is InChI=1S/C18H19N5/c19-18-21-12-15(13-6-2-1-3-7-13)17(22-18)14-10-16(20-11-14)23-8-4-5-9-23/h1-3,6-7,10-12,20H,4-5,8-9H2,(H2,19,21,22). The number of H-pyrrole nitrogens is 1. The third-order valence-electron chi connectivity index (χ3n) is 4.28. The third kappa shape index (κ3) is 2.65. The van der Waals surface area contributed by atoms with Crippen LogP contribution in [0.1, 0.15) is 12.8 Å². The van der Waals surface area contributed by atoms with Crippen LogP contribution in [-0.4, -0.2) is 28.0 Å². The molecule has 0 radical (unpaired) electrons. The van der Waals surface area contributed by atoms with Crippen molar-refractivity contribution in [3.05, 3.63) is 48.8 Å². The Hall–Kier alpha value is -2.82. The highest BCUT2D eigenvalue weighted by atomic mass is 15.2. The Morgan fingerprint density at radius 2 is 1.83 bits per heavy atom. The lowest BCUT2D eigenvalue weighted by Crippen LogP contribution is -2.17. The predicted molar refractivity (Wildman–Crippen MR) is 93.1 cm³/mol. The highest BCUT2D eigenvalue weighted by molar-refractivity contribution is 5.81. The van der Waals surface area contributed by atoms with Gasteiger partial charge in [0.1, 0.15) is 5.82 Å². The van der Waals surface area contributed by atoms with Crippen LogP contribution in [0.25, 0.3) is 22.4 Å². The number of anilines is 2. The fourth-order valence-corrected chi connectivity index (χ4v) is 3.10. The zero-order chi connectivity index (χ0) is 15.6. The number of aromatic amines is 1. The van der Waals surface area contributed by atoms with E-state index >= 15 is 0 Å². The van der Waals surface area contributed by atoms with Crippen LogP contribution < -0.4 is 10.6 Å². The molecule has 0 aliphatic carbocycles. The zero-order valence-electron chi connectivity index (χ0n) is 12.9. The lowest BCUT2D eigenvalue weighted by atomic mass is 10.0. The van der Waals surface area contributed by atoms with Crippen molar-refractivity contribution in [3.63, 3.8) is 0 Å². The minimum Gasteiger partial charge on any atom is -0.368 e. The number of rotatable bonds is 3. The van der Waals surface area contributed by atoms with Gasteiger partial charge in [-0.3, -0.25) is 0 Å². The number of nitrogens with two attached hydrogens (primary N) is 1. The van der Waals surface area contributed by atoms with E-state index in [1.165, 1.54) is 12.8 Å². The normalized spacial score (nSPS) is 14.3. The van der Waals surface area contributed by atoms with Gasteiger partial charge in [-0.2, -0.15) is 0 Å². The zero-order valence-corrected chi connectivity index (χ0v) is 12.9. The summed E-state index contributed by atoms with van der Waals surface area (Å²) in [7, 11) is 0. The predicted octanol–water partition coefficient (Wildman–Crippen LogP) is 3.32. The molecule has 0 bridgehead atoms. The fourth-order valence-electron chi connectivity index (χ4n) is 3.10. The van der Waals surface area contributed by atoms with Crippen LogP contribution in [0.3, 0.4) is 0 Å². The highest BCUT2D eigenvalue weighted by Crippen LogP contribution is 2.32. The highest BCUT2D eigenvalue weighted by Gasteiger charge is 2.17. The minimum absolute atomic E-state index is 0.295. The van der Waals surface area contributed by atoms with E-state index < -0.39 is 0 Å². The van der Waals surface area contributed by atoms with Crippen molar-refractivity contribution in [2.75, 3.05) is 23.7 Å². The van der Waals surface area contributed by atoms with E-state index in [1.807, 2.05) is 24.4 Å². The Morgan fingerprint density at radius 1 is 1.04 bits per heavy atom. The van der Waals surface area contributed by atoms with Gasteiger partial charge in [0.25, 0.3) is 0 Å². The molecule has 1 aliphatic rings. The van der Waals surface area contributed by atoms with Gasteiger partial charge < -0.3 is 15.6 Å². The van der Waals surface area contributed by atoms with E-state index in [1.54, 1.807) is 6.20 Å². The smallest absolute Gasteiger partial charge is 0.220 e. The molecule has 23 heavy (non-hydrogen) atoms. The van der Waals surface area contributed by atoms with E-state index in [0.717, 1.165) is 41.3 Å². The Morgan fingerprint density at radius 3 is 2.61 bits per heavy atom. The van der Waals surface area contributed by atoms with Gasteiger partial charge >= 0.3 is 0 Å². The van der Waals surface area contributed by atoms with Gasteiger partial charge in [-0.05, 0) is 24.5 Å². The molecule has 4 rings (SSSR count). The number of aromatic nitrogens is 3. The average molecular weight is 305 g/mol. The van der Waals surface area contributed by atoms with Gasteiger partial charge in [0.15, 0.2) is 0 Å². The minimum atomic E-state index is 0.295. The second-order valence-electron chi connectivity index (χ2n) is 5.82. The van der Waals surface area contributed by atoms with Crippen molar-refractivity contribution in [1.82, 2.24) is 15.0 Å². The molecule has 1 aliphatic heterocycles. The van der Waals surface area contributed by atoms with Crippen LogP contribution in [-0.2, 0) is 0 Å². The molecule has 5 nitrogen and oxygen atoms in total. The molecule has 0 spiro atoms. The number of benzene rings is 1. The van der Waals surface area contributed by atoms with Gasteiger partial charge in [-0.1, -0.05) is 30.3 Å². The van der Waals surface area contributed by atoms with Crippen LogP contribution in [0, 0.1) is 0 Å². The molecule has 1 saturated heterocycles. The summed E-state index contributed by atoms with van der Waals surface area (Å²) >= 11 is 0. The lowest BCUT2D eigenvalue weighted by molar-refractivity contribution is 0.946. The molecule has 116 valence electrons. The topological polar surface area (TPSA) is 70.8 Å². The van der Waals surface area contributed by atoms with Crippen molar-refractivity contribution < 1.29 is 0 Å². The van der Waals surface area contributed by atoms with Crippen molar-refractivity contribution >= 4 is 11.8 Å². The molecule has 1 fully saturated rings. The number of hydrogen-bond acceptors (Lipinski definition) is 4. The summed E-state index contributed by atoms with van der Waals surface area (Å²) in [5.41, 5.74) is 9.82. The van der Waals surface area contributed by atoms with Crippen molar-refractivity contribution in [2.24, 2.45) is 0 Å². The Labute approximate surface area is 135 Å². The number of nitrogen functional groups attached to an aromatic ring is 1. The molecule has 0 amide bonds. The van der Waals surface area contributed by atoms with E-state index in [-0.39, 0.29) is 0 Å². The molecule has 3 N–H and O–H groups in total. The first-order valence-electron chi connectivity index (χ1n) is 7.93. The summed E-state index contributed by atoms with van der Waals surface area (Å²) in [5.74, 6) is 1.44. The van der Waals surface area contributed by atoms with E-state index in [2.05, 4.69) is 38.1 Å². The maximum absolute atomic E-state index is 5.83. The van der Waals surface area contributed by atoms with Gasteiger partial charge in [0, 0.05) is 36.6 Å². The second kappa shape index (κ2) is 5.76. The van der Waals surface area contributed by atoms with Crippen LogP contribution >= 0.6 is 0 Å². The molecule has 0 saturated carbocycles. The molecule has 0 unspecified atom stereocenters. The molecule has 5 heteroatoms. The molecular formula is C18H19N5. The van der Waals surface area contributed by atoms with E-state index in [9.17, 15) is 0 Å². The number of hydrogen-bond donors (Lipinski definition) is 2. The number of nitrogens with zero attached hydrogens (tertiary/aromatic N) is 3. The molecule has 0 atom stereocenters. The molecule has 3 heterocycles. The van der Waals surface area contributed by atoms with Gasteiger partial charge in [0.2, 0.25) is 5.95 Å². The Bertz CT molecular complexity index is 803. The van der Waals surface area contributed by atoms with Gasteiger partial charge in [-0.15, -0.1) is 0 Å². The fraction of sp³-hybridized carbons (Fsp3) is 0.222. The molecule has 1 aromatic carbocycles. The van der Waals surface area contributed by atoms with Crippen molar-refractivity contribution in [2.45, 2.75) is 12.8 Å². The third-order valence-corrected chi connectivity index (χ3v) is 4.28. The van der Waals surface area contributed by atoms with Gasteiger partial charge in [0.05, 0.1) is 5.69 Å². The first-order chi connectivity index (χ1) is 11.3. The molecule has 2 aromatic heterocycles. The summed E-state index contributed by atoms with van der Waals surface area (Å²) < 4.78 is 0. The first kappa shape index (κ1) is 13.8. The summed E-state index contributed by atoms with van der Waals surface area (Å²) in [6, 6.07) is 12.3. The summed E-state index contributed by atoms with van der Waals surface area (Å²) in [4.78, 5) is 14.4. The monoisotopic (exact) mass is 305 g/mol. The SMILES string of the molecule is Nc1ncc(-c2ccccc2)c(-c2c[nH]c(N3CCCC3)c2)n1. The molecular weight excluding hydrogens is 286 g/mol. The van der Waals surface area contributed by atoms with Gasteiger partial charge in [-0.25, -0.2) is 9.97 Å². The van der Waals surface area contributed by atoms with E-state index in [4.69, 9.17) is 5.73 Å². The van der Waals surface area contributed by atoms with Crippen LogP contribution in [0.5, 0.6) is 0 Å². The maximum Gasteiger partial charge on any atom is 0.220 e. The Kier molecular flexibility index (Phi) is 3.46. The van der Waals surface area contributed by atoms with Crippen LogP contribution in [0.2, 0.25) is 0 Å². The van der Waals surface area contributed by atoms with Crippen molar-refractivity contribution in [1.29, 1.82) is 0 Å². The second-order valence-corrected chi connectivity index (χ2v) is 5.82. The first-order valence-corrected chi connectivity index (χ1v) is 7.93. The average Bonchev–Trinajstić information content (AvgIpc) is 3.27.